The molecule has 0 saturated carbocycles. The van der Waals surface area contributed by atoms with Crippen molar-refractivity contribution in [1.82, 2.24) is 5.32 Å². The molecule has 1 heterocycles. The Bertz CT molecular complexity index is 666. The lowest BCUT2D eigenvalue weighted by atomic mass is 9.86. The number of aldehydes is 1. The van der Waals surface area contributed by atoms with Gasteiger partial charge >= 0.3 is 0 Å². The normalized spacial score (nSPS) is 41.1. The standard InChI is InChI=1S/C19H33NO13/c1-6-11(20-8-2-7(3-21)12(26)16(30)13(8)27)15(29)17(31)19(32-6)33-18(10(25)5-23)14(28)9(24)4-22/h2,4,6,8-21,23-31H,3,5H2,1H3/t6-,8?,9+,10?,11?,12?,13?,14-,15+,16?,17?,18-,19?/m1/s1. The van der Waals surface area contributed by atoms with Gasteiger partial charge in [0.2, 0.25) is 0 Å². The fraction of sp³-hybridized carbons (Fsp3) is 0.842. The lowest BCUT2D eigenvalue weighted by Crippen LogP contribution is -2.67. The van der Waals surface area contributed by atoms with Crippen LogP contribution in [0.5, 0.6) is 0 Å². The van der Waals surface area contributed by atoms with E-state index in [1.54, 1.807) is 0 Å². The van der Waals surface area contributed by atoms with Crippen molar-refractivity contribution in [2.75, 3.05) is 13.2 Å². The van der Waals surface area contributed by atoms with Gasteiger partial charge in [0.25, 0.3) is 0 Å². The molecule has 14 nitrogen and oxygen atoms in total. The Morgan fingerprint density at radius 2 is 1.70 bits per heavy atom. The largest absolute Gasteiger partial charge is 0.394 e. The first-order chi connectivity index (χ1) is 15.5. The van der Waals surface area contributed by atoms with Crippen LogP contribution in [0.3, 0.4) is 0 Å². The predicted octanol–water partition coefficient (Wildman–Crippen LogP) is -6.55. The Hall–Kier alpha value is -1.11. The summed E-state index contributed by atoms with van der Waals surface area (Å²) >= 11 is 0. The summed E-state index contributed by atoms with van der Waals surface area (Å²) in [6.45, 7) is -0.0649. The van der Waals surface area contributed by atoms with Crippen molar-refractivity contribution in [2.45, 2.75) is 86.3 Å². The number of rotatable bonds is 10. The zero-order valence-electron chi connectivity index (χ0n) is 17.8. The molecule has 0 radical (unpaired) electrons. The third-order valence-electron chi connectivity index (χ3n) is 5.92. The first-order valence-corrected chi connectivity index (χ1v) is 10.4. The molecule has 33 heavy (non-hydrogen) atoms. The number of ether oxygens (including phenoxy) is 2. The molecule has 2 aliphatic rings. The third kappa shape index (κ3) is 6.12. The van der Waals surface area contributed by atoms with Crippen molar-refractivity contribution in [3.63, 3.8) is 0 Å². The van der Waals surface area contributed by atoms with E-state index in [9.17, 15) is 55.9 Å². The van der Waals surface area contributed by atoms with Crippen molar-refractivity contribution in [2.24, 2.45) is 0 Å². The summed E-state index contributed by atoms with van der Waals surface area (Å²) in [7, 11) is 0. The Morgan fingerprint density at radius 1 is 1.06 bits per heavy atom. The second-order valence-electron chi connectivity index (χ2n) is 8.20. The van der Waals surface area contributed by atoms with Gasteiger partial charge in [-0.3, -0.25) is 0 Å². The quantitative estimate of drug-likeness (QED) is 0.102. The number of hydrogen-bond acceptors (Lipinski definition) is 14. The maximum atomic E-state index is 10.8. The lowest BCUT2D eigenvalue weighted by molar-refractivity contribution is -0.306. The second-order valence-corrected chi connectivity index (χ2v) is 8.20. The number of carbonyl (C=O) groups is 1. The molecule has 1 aliphatic carbocycles. The number of hydrogen-bond donors (Lipinski definition) is 11. The molecule has 1 fully saturated rings. The monoisotopic (exact) mass is 483 g/mol. The van der Waals surface area contributed by atoms with Crippen molar-refractivity contribution >= 4 is 6.29 Å². The van der Waals surface area contributed by atoms with Gasteiger partial charge in [-0.2, -0.15) is 0 Å². The van der Waals surface area contributed by atoms with E-state index < -0.39 is 92.6 Å². The molecule has 0 aromatic heterocycles. The van der Waals surface area contributed by atoms with E-state index in [1.807, 2.05) is 0 Å². The van der Waals surface area contributed by atoms with E-state index in [0.29, 0.717) is 0 Å². The van der Waals surface area contributed by atoms with Crippen LogP contribution in [-0.2, 0) is 14.3 Å². The van der Waals surface area contributed by atoms with Gasteiger partial charge in [-0.15, -0.1) is 0 Å². The molecule has 14 heteroatoms. The molecular weight excluding hydrogens is 450 g/mol. The van der Waals surface area contributed by atoms with Gasteiger partial charge in [0, 0.05) is 0 Å². The second kappa shape index (κ2) is 12.0. The molecule has 192 valence electrons. The highest BCUT2D eigenvalue weighted by Gasteiger charge is 2.48. The number of nitrogens with one attached hydrogen (secondary N) is 1. The smallest absolute Gasteiger partial charge is 0.187 e. The molecule has 13 atom stereocenters. The highest BCUT2D eigenvalue weighted by Crippen LogP contribution is 2.27. The van der Waals surface area contributed by atoms with Gasteiger partial charge in [0.05, 0.1) is 31.4 Å². The highest BCUT2D eigenvalue weighted by molar-refractivity contribution is 5.56. The summed E-state index contributed by atoms with van der Waals surface area (Å²) in [6.07, 6.45) is -16.9. The fourth-order valence-electron chi connectivity index (χ4n) is 3.87. The average Bonchev–Trinajstić information content (AvgIpc) is 2.81. The van der Waals surface area contributed by atoms with Gasteiger partial charge in [0.1, 0.15) is 54.9 Å². The zero-order chi connectivity index (χ0) is 25.0. The average molecular weight is 483 g/mol. The molecule has 8 unspecified atom stereocenters. The van der Waals surface area contributed by atoms with E-state index in [-0.39, 0.29) is 11.9 Å². The molecule has 0 aromatic carbocycles. The molecule has 1 saturated heterocycles. The van der Waals surface area contributed by atoms with Gasteiger partial charge < -0.3 is 70.7 Å². The summed E-state index contributed by atoms with van der Waals surface area (Å²) < 4.78 is 10.8. The van der Waals surface area contributed by atoms with Crippen LogP contribution >= 0.6 is 0 Å². The van der Waals surface area contributed by atoms with Crippen LogP contribution in [0, 0.1) is 0 Å². The maximum absolute atomic E-state index is 10.8. The number of carbonyl (C=O) groups excluding carboxylic acids is 1. The van der Waals surface area contributed by atoms with Crippen molar-refractivity contribution in [1.29, 1.82) is 0 Å². The highest BCUT2D eigenvalue weighted by atomic mass is 16.7. The Morgan fingerprint density at radius 3 is 2.24 bits per heavy atom. The fourth-order valence-corrected chi connectivity index (χ4v) is 3.87. The molecule has 1 aliphatic heterocycles. The van der Waals surface area contributed by atoms with Gasteiger partial charge in [-0.05, 0) is 12.5 Å². The minimum atomic E-state index is -1.99. The Balaban J connectivity index is 2.16. The molecule has 11 N–H and O–H groups in total. The van der Waals surface area contributed by atoms with E-state index >= 15 is 0 Å². The van der Waals surface area contributed by atoms with Crippen LogP contribution < -0.4 is 5.32 Å². The first kappa shape index (κ1) is 28.1. The predicted molar refractivity (Wildman–Crippen MR) is 106 cm³/mol. The van der Waals surface area contributed by atoms with Crippen molar-refractivity contribution < 1.29 is 65.3 Å². The van der Waals surface area contributed by atoms with Gasteiger partial charge in [0.15, 0.2) is 12.6 Å². The van der Waals surface area contributed by atoms with Crippen LogP contribution in [-0.4, -0.2) is 150 Å². The Kier molecular flexibility index (Phi) is 10.3. The van der Waals surface area contributed by atoms with Crippen LogP contribution in [0.2, 0.25) is 0 Å². The van der Waals surface area contributed by atoms with Crippen molar-refractivity contribution in [3.8, 4) is 0 Å². The molecular formula is C19H33NO13. The van der Waals surface area contributed by atoms with Crippen LogP contribution in [0.4, 0.5) is 0 Å². The van der Waals surface area contributed by atoms with E-state index in [2.05, 4.69) is 5.32 Å². The van der Waals surface area contributed by atoms with E-state index in [0.717, 1.165) is 0 Å². The zero-order valence-corrected chi connectivity index (χ0v) is 17.8. The molecule has 0 aromatic rings. The lowest BCUT2D eigenvalue weighted by Gasteiger charge is -2.45. The van der Waals surface area contributed by atoms with E-state index in [1.165, 1.54) is 13.0 Å². The van der Waals surface area contributed by atoms with Crippen LogP contribution in [0.1, 0.15) is 6.92 Å². The van der Waals surface area contributed by atoms with Crippen molar-refractivity contribution in [3.05, 3.63) is 11.6 Å². The van der Waals surface area contributed by atoms with Crippen LogP contribution in [0.15, 0.2) is 11.6 Å². The molecule has 2 rings (SSSR count). The molecule has 0 spiro atoms. The summed E-state index contributed by atoms with van der Waals surface area (Å²) in [5.74, 6) is 0. The van der Waals surface area contributed by atoms with Gasteiger partial charge in [-0.1, -0.05) is 6.08 Å². The summed E-state index contributed by atoms with van der Waals surface area (Å²) in [5, 5.41) is 102. The minimum absolute atomic E-state index is 0.0182. The number of aliphatic hydroxyl groups excluding tert-OH is 10. The maximum Gasteiger partial charge on any atom is 0.187 e. The molecule has 0 bridgehead atoms. The first-order valence-electron chi connectivity index (χ1n) is 10.4. The molecule has 0 amide bonds. The topological polar surface area (TPSA) is 250 Å². The third-order valence-corrected chi connectivity index (χ3v) is 5.92. The summed E-state index contributed by atoms with van der Waals surface area (Å²) in [6, 6.07) is -2.11. The minimum Gasteiger partial charge on any atom is -0.394 e. The Labute approximate surface area is 188 Å². The van der Waals surface area contributed by atoms with Gasteiger partial charge in [-0.25, -0.2) is 0 Å². The van der Waals surface area contributed by atoms with E-state index in [4.69, 9.17) is 9.47 Å². The van der Waals surface area contributed by atoms with Crippen LogP contribution in [0.25, 0.3) is 0 Å². The summed E-state index contributed by atoms with van der Waals surface area (Å²) in [4.78, 5) is 10.8. The number of aliphatic hydroxyl groups is 10. The SMILES string of the molecule is C[C@H]1OC(O[C@H](C(O)CO)[C@H](O)[C@@H](O)C=O)C(O)[C@@H](O)C1NC1C=C(CO)C(O)C(O)C1O. The summed E-state index contributed by atoms with van der Waals surface area (Å²) in [5.41, 5.74) is 0.0366.